The van der Waals surface area contributed by atoms with Crippen LogP contribution in [0.4, 0.5) is 0 Å². The number of methoxy groups -OCH3 is 1. The summed E-state index contributed by atoms with van der Waals surface area (Å²) in [6.45, 7) is 2.37. The van der Waals surface area contributed by atoms with E-state index in [4.69, 9.17) is 9.47 Å². The molecular formula is C17H16Br2N2O4. The molecular weight excluding hydrogens is 456 g/mol. The average Bonchev–Trinajstić information content (AvgIpc) is 2.60. The van der Waals surface area contributed by atoms with E-state index in [0.717, 1.165) is 0 Å². The Hall–Kier alpha value is -2.06. The highest BCUT2D eigenvalue weighted by atomic mass is 79.9. The van der Waals surface area contributed by atoms with E-state index in [0.29, 0.717) is 38.2 Å². The summed E-state index contributed by atoms with van der Waals surface area (Å²) < 4.78 is 11.7. The number of phenolic OH excluding ortho intramolecular Hbond substituents is 1. The van der Waals surface area contributed by atoms with E-state index in [2.05, 4.69) is 42.4 Å². The standard InChI is InChI=1S/C17H16Br2N2O4/c1-3-25-14-5-4-11(8-15(14)24-2)17(23)21-20-9-10-6-12(18)16(22)13(19)7-10/h4-9,22H,3H2,1-2H3,(H,21,23)/b20-9+. The minimum atomic E-state index is -0.380. The first-order valence-electron chi connectivity index (χ1n) is 7.28. The lowest BCUT2D eigenvalue weighted by Crippen LogP contribution is -2.17. The van der Waals surface area contributed by atoms with Gasteiger partial charge in [-0.2, -0.15) is 5.10 Å². The second-order valence-electron chi connectivity index (χ2n) is 4.83. The minimum absolute atomic E-state index is 0.0997. The van der Waals surface area contributed by atoms with Crippen LogP contribution in [0.2, 0.25) is 0 Å². The number of nitrogens with one attached hydrogen (secondary N) is 1. The summed E-state index contributed by atoms with van der Waals surface area (Å²) in [7, 11) is 1.51. The van der Waals surface area contributed by atoms with Crippen molar-refractivity contribution in [1.29, 1.82) is 0 Å². The van der Waals surface area contributed by atoms with E-state index in [1.807, 2.05) is 6.92 Å². The predicted molar refractivity (Wildman–Crippen MR) is 103 cm³/mol. The highest BCUT2D eigenvalue weighted by molar-refractivity contribution is 9.11. The predicted octanol–water partition coefficient (Wildman–Crippen LogP) is 4.09. The van der Waals surface area contributed by atoms with Gasteiger partial charge in [-0.15, -0.1) is 0 Å². The van der Waals surface area contributed by atoms with E-state index in [1.165, 1.54) is 13.3 Å². The number of rotatable bonds is 6. The third kappa shape index (κ3) is 4.96. The van der Waals surface area contributed by atoms with E-state index in [-0.39, 0.29) is 11.7 Å². The molecule has 0 fully saturated rings. The first-order chi connectivity index (χ1) is 12.0. The van der Waals surface area contributed by atoms with Crippen molar-refractivity contribution >= 4 is 44.0 Å². The third-order valence-corrected chi connectivity index (χ3v) is 4.35. The zero-order chi connectivity index (χ0) is 18.4. The first-order valence-corrected chi connectivity index (χ1v) is 8.87. The van der Waals surface area contributed by atoms with Gasteiger partial charge in [-0.3, -0.25) is 4.79 Å². The molecule has 0 aromatic heterocycles. The summed E-state index contributed by atoms with van der Waals surface area (Å²) in [6.07, 6.45) is 1.47. The zero-order valence-corrected chi connectivity index (χ0v) is 16.7. The maximum absolute atomic E-state index is 12.2. The monoisotopic (exact) mass is 470 g/mol. The zero-order valence-electron chi connectivity index (χ0n) is 13.5. The number of nitrogens with zero attached hydrogens (tertiary/aromatic N) is 1. The maximum atomic E-state index is 12.2. The number of aromatic hydroxyl groups is 1. The largest absolute Gasteiger partial charge is 0.506 e. The molecule has 0 aliphatic carbocycles. The molecule has 0 spiro atoms. The van der Waals surface area contributed by atoms with Gasteiger partial charge in [-0.05, 0) is 74.7 Å². The van der Waals surface area contributed by atoms with Crippen molar-refractivity contribution in [2.75, 3.05) is 13.7 Å². The molecule has 1 amide bonds. The number of ether oxygens (including phenoxy) is 2. The van der Waals surface area contributed by atoms with Crippen molar-refractivity contribution in [1.82, 2.24) is 5.43 Å². The Bertz CT molecular complexity index is 786. The number of carbonyl (C=O) groups excluding carboxylic acids is 1. The van der Waals surface area contributed by atoms with Crippen LogP contribution in [0.5, 0.6) is 17.2 Å². The Kier molecular flexibility index (Phi) is 6.83. The topological polar surface area (TPSA) is 80.2 Å². The molecule has 132 valence electrons. The molecule has 2 aromatic rings. The second-order valence-corrected chi connectivity index (χ2v) is 6.54. The number of hydrazone groups is 1. The van der Waals surface area contributed by atoms with Gasteiger partial charge in [0.2, 0.25) is 0 Å². The molecule has 0 saturated heterocycles. The molecule has 2 rings (SSSR count). The van der Waals surface area contributed by atoms with Crippen molar-refractivity contribution in [2.45, 2.75) is 6.92 Å². The van der Waals surface area contributed by atoms with Gasteiger partial charge in [-0.25, -0.2) is 5.43 Å². The van der Waals surface area contributed by atoms with Crippen LogP contribution in [-0.2, 0) is 0 Å². The Balaban J connectivity index is 2.09. The van der Waals surface area contributed by atoms with Gasteiger partial charge in [0.15, 0.2) is 11.5 Å². The normalized spacial score (nSPS) is 10.7. The molecule has 0 aliphatic rings. The number of hydrogen-bond acceptors (Lipinski definition) is 5. The van der Waals surface area contributed by atoms with Crippen molar-refractivity contribution in [3.05, 3.63) is 50.4 Å². The van der Waals surface area contributed by atoms with Gasteiger partial charge in [0.05, 0.1) is 28.9 Å². The molecule has 0 bridgehead atoms. The van der Waals surface area contributed by atoms with Crippen LogP contribution in [0, 0.1) is 0 Å². The maximum Gasteiger partial charge on any atom is 0.271 e. The van der Waals surface area contributed by atoms with E-state index >= 15 is 0 Å². The lowest BCUT2D eigenvalue weighted by atomic mass is 10.2. The van der Waals surface area contributed by atoms with Crippen molar-refractivity contribution in [3.63, 3.8) is 0 Å². The minimum Gasteiger partial charge on any atom is -0.506 e. The lowest BCUT2D eigenvalue weighted by Gasteiger charge is -2.10. The molecule has 8 heteroatoms. The van der Waals surface area contributed by atoms with Gasteiger partial charge in [-0.1, -0.05) is 0 Å². The van der Waals surface area contributed by atoms with Crippen molar-refractivity contribution < 1.29 is 19.4 Å². The molecule has 25 heavy (non-hydrogen) atoms. The Labute approximate surface area is 162 Å². The number of amides is 1. The fraction of sp³-hybridized carbons (Fsp3) is 0.176. The third-order valence-electron chi connectivity index (χ3n) is 3.14. The van der Waals surface area contributed by atoms with Crippen LogP contribution in [0.25, 0.3) is 0 Å². The van der Waals surface area contributed by atoms with Crippen LogP contribution in [0.15, 0.2) is 44.4 Å². The van der Waals surface area contributed by atoms with Crippen molar-refractivity contribution in [3.8, 4) is 17.2 Å². The average molecular weight is 472 g/mol. The highest BCUT2D eigenvalue weighted by Gasteiger charge is 2.10. The Morgan fingerprint density at radius 1 is 1.24 bits per heavy atom. The van der Waals surface area contributed by atoms with Crippen LogP contribution < -0.4 is 14.9 Å². The van der Waals surface area contributed by atoms with Crippen LogP contribution in [0.1, 0.15) is 22.8 Å². The second kappa shape index (κ2) is 8.87. The van der Waals surface area contributed by atoms with Gasteiger partial charge in [0.25, 0.3) is 5.91 Å². The molecule has 0 unspecified atom stereocenters. The molecule has 2 aromatic carbocycles. The fourth-order valence-electron chi connectivity index (χ4n) is 1.97. The fourth-order valence-corrected chi connectivity index (χ4v) is 3.20. The molecule has 0 radical (unpaired) electrons. The summed E-state index contributed by atoms with van der Waals surface area (Å²) in [5, 5.41) is 13.6. The summed E-state index contributed by atoms with van der Waals surface area (Å²) in [5.41, 5.74) is 3.53. The lowest BCUT2D eigenvalue weighted by molar-refractivity contribution is 0.0954. The number of phenols is 1. The summed E-state index contributed by atoms with van der Waals surface area (Å²) in [5.74, 6) is 0.769. The molecule has 0 atom stereocenters. The molecule has 0 saturated carbocycles. The number of carbonyl (C=O) groups is 1. The van der Waals surface area contributed by atoms with Gasteiger partial charge in [0, 0.05) is 5.56 Å². The molecule has 6 nitrogen and oxygen atoms in total. The molecule has 0 aliphatic heterocycles. The SMILES string of the molecule is CCOc1ccc(C(=O)N/N=C/c2cc(Br)c(O)c(Br)c2)cc1OC. The number of benzene rings is 2. The van der Waals surface area contributed by atoms with Gasteiger partial charge < -0.3 is 14.6 Å². The molecule has 0 heterocycles. The molecule has 2 N–H and O–H groups in total. The smallest absolute Gasteiger partial charge is 0.271 e. The van der Waals surface area contributed by atoms with E-state index < -0.39 is 0 Å². The van der Waals surface area contributed by atoms with Gasteiger partial charge in [0.1, 0.15) is 5.75 Å². The van der Waals surface area contributed by atoms with E-state index in [9.17, 15) is 9.90 Å². The number of halogens is 2. The quantitative estimate of drug-likeness (QED) is 0.491. The highest BCUT2D eigenvalue weighted by Crippen LogP contribution is 2.32. The summed E-state index contributed by atoms with van der Waals surface area (Å²) in [4.78, 5) is 12.2. The summed E-state index contributed by atoms with van der Waals surface area (Å²) >= 11 is 6.47. The summed E-state index contributed by atoms with van der Waals surface area (Å²) in [6, 6.07) is 8.25. The van der Waals surface area contributed by atoms with Gasteiger partial charge >= 0.3 is 0 Å². The Morgan fingerprint density at radius 3 is 2.52 bits per heavy atom. The van der Waals surface area contributed by atoms with Crippen LogP contribution >= 0.6 is 31.9 Å². The van der Waals surface area contributed by atoms with Crippen molar-refractivity contribution in [2.24, 2.45) is 5.10 Å². The Morgan fingerprint density at radius 2 is 1.92 bits per heavy atom. The van der Waals surface area contributed by atoms with Crippen LogP contribution in [0.3, 0.4) is 0 Å². The van der Waals surface area contributed by atoms with Crippen LogP contribution in [-0.4, -0.2) is 30.9 Å². The van der Waals surface area contributed by atoms with E-state index in [1.54, 1.807) is 30.3 Å². The first kappa shape index (κ1) is 19.3. The number of hydrogen-bond donors (Lipinski definition) is 2.